The van der Waals surface area contributed by atoms with Gasteiger partial charge in [-0.05, 0) is 71.2 Å². The molecule has 4 rings (SSSR count). The van der Waals surface area contributed by atoms with Crippen LogP contribution in [0.1, 0.15) is 39.8 Å². The van der Waals surface area contributed by atoms with Crippen LogP contribution in [-0.2, 0) is 24.2 Å². The lowest BCUT2D eigenvalue weighted by Crippen LogP contribution is -2.26. The lowest BCUT2D eigenvalue weighted by atomic mass is 10.1. The maximum absolute atomic E-state index is 10.2. The van der Waals surface area contributed by atoms with Crippen LogP contribution in [0.5, 0.6) is 0 Å². The molecule has 3 N–H and O–H groups in total. The maximum Gasteiger partial charge on any atom is 0.207 e. The first-order valence-electron chi connectivity index (χ1n) is 10.4. The summed E-state index contributed by atoms with van der Waals surface area (Å²) in [6, 6.07) is 10.9. The minimum atomic E-state index is 0.208. The van der Waals surface area contributed by atoms with Crippen molar-refractivity contribution in [3.63, 3.8) is 0 Å². The number of hydrogen-bond acceptors (Lipinski definition) is 4. The van der Waals surface area contributed by atoms with E-state index in [2.05, 4.69) is 65.9 Å². The topological polar surface area (TPSA) is 72.9 Å². The number of benzene rings is 1. The van der Waals surface area contributed by atoms with Crippen molar-refractivity contribution in [3.05, 3.63) is 63.0 Å². The van der Waals surface area contributed by atoms with Gasteiger partial charge in [0, 0.05) is 27.9 Å². The van der Waals surface area contributed by atoms with E-state index in [1.54, 1.807) is 0 Å². The molecule has 0 bridgehead atoms. The first-order chi connectivity index (χ1) is 14.5. The molecular formula is C24H34N4OS. The summed E-state index contributed by atoms with van der Waals surface area (Å²) in [5, 5.41) is 7.18. The number of nitrogens with two attached hydrogens (primary N) is 1. The average Bonchev–Trinajstić information content (AvgIpc) is 3.21. The number of aryl methyl sites for hydroxylation is 5. The summed E-state index contributed by atoms with van der Waals surface area (Å²) < 4.78 is 2.16. The number of carbonyl (C=O) groups excluding carboxylic acids is 1. The van der Waals surface area contributed by atoms with Crippen LogP contribution in [0.2, 0.25) is 0 Å². The summed E-state index contributed by atoms with van der Waals surface area (Å²) in [5.74, 6) is 0. The Morgan fingerprint density at radius 2 is 2.03 bits per heavy atom. The highest BCUT2D eigenvalue weighted by Crippen LogP contribution is 2.36. The third-order valence-corrected chi connectivity index (χ3v) is 6.07. The first-order valence-corrected chi connectivity index (χ1v) is 11.2. The zero-order valence-electron chi connectivity index (χ0n) is 18.7. The predicted molar refractivity (Wildman–Crippen MR) is 127 cm³/mol. The van der Waals surface area contributed by atoms with Crippen LogP contribution in [0.4, 0.5) is 0 Å². The molecule has 0 aliphatic carbocycles. The number of carbonyl (C=O) groups is 1. The van der Waals surface area contributed by atoms with Gasteiger partial charge in [-0.1, -0.05) is 29.8 Å². The highest BCUT2D eigenvalue weighted by Gasteiger charge is 2.19. The van der Waals surface area contributed by atoms with Gasteiger partial charge in [-0.15, -0.1) is 11.3 Å². The minimum Gasteiger partial charge on any atom is -0.356 e. The lowest BCUT2D eigenvalue weighted by Gasteiger charge is -2.09. The molecule has 3 heterocycles. The molecule has 2 aromatic heterocycles. The molecule has 1 unspecified atom stereocenters. The smallest absolute Gasteiger partial charge is 0.207 e. The number of amides is 1. The summed E-state index contributed by atoms with van der Waals surface area (Å²) in [6.45, 7) is 9.47. The Morgan fingerprint density at radius 1 is 1.27 bits per heavy atom. The van der Waals surface area contributed by atoms with E-state index in [-0.39, 0.29) is 6.04 Å². The molecule has 3 aromatic rings. The van der Waals surface area contributed by atoms with Gasteiger partial charge in [0.1, 0.15) is 0 Å². The van der Waals surface area contributed by atoms with Crippen molar-refractivity contribution in [2.24, 2.45) is 5.73 Å². The number of aromatic nitrogens is 2. The van der Waals surface area contributed by atoms with Gasteiger partial charge in [0.05, 0.1) is 11.9 Å². The minimum absolute atomic E-state index is 0.208. The molecule has 0 spiro atoms. The van der Waals surface area contributed by atoms with E-state index < -0.39 is 0 Å². The summed E-state index contributed by atoms with van der Waals surface area (Å²) in [4.78, 5) is 13.1. The van der Waals surface area contributed by atoms with Gasteiger partial charge in [-0.2, -0.15) is 5.10 Å². The SMILES string of the molecule is CN.Cc1cc2c(s1)CCCn1ncc(C)c1-2.Cc1cccc(CC(C)NC=O)c1. The Hall–Kier alpha value is -2.44. The monoisotopic (exact) mass is 426 g/mol. The summed E-state index contributed by atoms with van der Waals surface area (Å²) in [6.07, 6.45) is 6.04. The van der Waals surface area contributed by atoms with Crippen LogP contribution in [0.3, 0.4) is 0 Å². The van der Waals surface area contributed by atoms with E-state index in [1.165, 1.54) is 57.6 Å². The van der Waals surface area contributed by atoms with E-state index in [1.807, 2.05) is 30.5 Å². The lowest BCUT2D eigenvalue weighted by molar-refractivity contribution is -0.110. The van der Waals surface area contributed by atoms with Crippen LogP contribution < -0.4 is 11.1 Å². The molecule has 0 radical (unpaired) electrons. The number of hydrogen-bond donors (Lipinski definition) is 2. The fourth-order valence-electron chi connectivity index (χ4n) is 3.71. The van der Waals surface area contributed by atoms with Gasteiger partial charge in [0.2, 0.25) is 6.41 Å². The predicted octanol–water partition coefficient (Wildman–Crippen LogP) is 4.42. The van der Waals surface area contributed by atoms with Gasteiger partial charge in [0.15, 0.2) is 0 Å². The summed E-state index contributed by atoms with van der Waals surface area (Å²) in [5.41, 5.74) is 11.1. The standard InChI is InChI=1S/C12H14N2S.C11H15NO.CH5N/c1-8-7-13-14-5-3-4-11-10(12(8)14)6-9(2)15-11;1-9-4-3-5-11(6-9)7-10(2)12-8-13;1-2/h6-7H,3-5H2,1-2H3;3-6,8,10H,7H2,1-2H3,(H,12,13);2H2,1H3. The molecule has 1 aliphatic heterocycles. The number of nitrogens with zero attached hydrogens (tertiary/aromatic N) is 2. The molecule has 1 aromatic carbocycles. The molecule has 1 amide bonds. The normalized spacial score (nSPS) is 12.7. The zero-order chi connectivity index (χ0) is 22.1. The Kier molecular flexibility index (Phi) is 9.27. The van der Waals surface area contributed by atoms with Crippen molar-refractivity contribution in [2.45, 2.75) is 59.5 Å². The van der Waals surface area contributed by atoms with Crippen molar-refractivity contribution in [1.82, 2.24) is 15.1 Å². The third-order valence-electron chi connectivity index (χ3n) is 4.96. The molecular weight excluding hydrogens is 392 g/mol. The van der Waals surface area contributed by atoms with E-state index >= 15 is 0 Å². The Balaban J connectivity index is 0.000000200. The molecule has 1 atom stereocenters. The molecule has 0 saturated carbocycles. The van der Waals surface area contributed by atoms with Crippen molar-refractivity contribution in [1.29, 1.82) is 0 Å². The average molecular weight is 427 g/mol. The largest absolute Gasteiger partial charge is 0.356 e. The molecule has 30 heavy (non-hydrogen) atoms. The second-order valence-corrected chi connectivity index (χ2v) is 8.92. The van der Waals surface area contributed by atoms with Gasteiger partial charge in [-0.25, -0.2) is 0 Å². The second-order valence-electron chi connectivity index (χ2n) is 7.58. The number of fused-ring (bicyclic) bond motifs is 3. The Bertz CT molecular complexity index is 945. The highest BCUT2D eigenvalue weighted by atomic mass is 32.1. The van der Waals surface area contributed by atoms with Gasteiger partial charge >= 0.3 is 0 Å². The zero-order valence-corrected chi connectivity index (χ0v) is 19.6. The second kappa shape index (κ2) is 11.7. The third kappa shape index (κ3) is 6.28. The number of rotatable bonds is 4. The molecule has 0 fully saturated rings. The van der Waals surface area contributed by atoms with E-state index in [0.29, 0.717) is 0 Å². The van der Waals surface area contributed by atoms with Gasteiger partial charge in [-0.3, -0.25) is 9.48 Å². The number of nitrogens with one attached hydrogen (secondary N) is 1. The fourth-order valence-corrected chi connectivity index (χ4v) is 4.78. The Morgan fingerprint density at radius 3 is 2.73 bits per heavy atom. The van der Waals surface area contributed by atoms with Gasteiger partial charge < -0.3 is 11.1 Å². The van der Waals surface area contributed by atoms with Crippen LogP contribution >= 0.6 is 11.3 Å². The van der Waals surface area contributed by atoms with Crippen molar-refractivity contribution in [2.75, 3.05) is 7.05 Å². The Labute approximate surface area is 184 Å². The van der Waals surface area contributed by atoms with E-state index in [9.17, 15) is 4.79 Å². The fraction of sp³-hybridized carbons (Fsp3) is 0.417. The van der Waals surface area contributed by atoms with Crippen molar-refractivity contribution < 1.29 is 4.79 Å². The number of thiophene rings is 1. The van der Waals surface area contributed by atoms with Crippen LogP contribution in [0.25, 0.3) is 11.3 Å². The van der Waals surface area contributed by atoms with E-state index in [0.717, 1.165) is 19.4 Å². The molecule has 6 heteroatoms. The van der Waals surface area contributed by atoms with Crippen molar-refractivity contribution >= 4 is 17.7 Å². The van der Waals surface area contributed by atoms with Crippen LogP contribution in [0, 0.1) is 20.8 Å². The molecule has 0 saturated heterocycles. The van der Waals surface area contributed by atoms with Crippen LogP contribution in [-0.4, -0.2) is 29.3 Å². The summed E-state index contributed by atoms with van der Waals surface area (Å²) >= 11 is 1.94. The van der Waals surface area contributed by atoms with Gasteiger partial charge in [0.25, 0.3) is 0 Å². The maximum atomic E-state index is 10.2. The van der Waals surface area contributed by atoms with Crippen molar-refractivity contribution in [3.8, 4) is 11.3 Å². The first kappa shape index (κ1) is 23.8. The molecule has 5 nitrogen and oxygen atoms in total. The quantitative estimate of drug-likeness (QED) is 0.607. The van der Waals surface area contributed by atoms with E-state index in [4.69, 9.17) is 0 Å². The van der Waals surface area contributed by atoms with Crippen LogP contribution in [0.15, 0.2) is 36.5 Å². The molecule has 162 valence electrons. The summed E-state index contributed by atoms with van der Waals surface area (Å²) in [7, 11) is 1.50. The highest BCUT2D eigenvalue weighted by molar-refractivity contribution is 7.12. The molecule has 1 aliphatic rings.